The highest BCUT2D eigenvalue weighted by molar-refractivity contribution is 5.78. The number of benzene rings is 1. The van der Waals surface area contributed by atoms with Gasteiger partial charge in [-0.15, -0.1) is 0 Å². The molecule has 0 saturated carbocycles. The van der Waals surface area contributed by atoms with Gasteiger partial charge in [0, 0.05) is 30.2 Å². The molecule has 27 heavy (non-hydrogen) atoms. The third-order valence-corrected chi connectivity index (χ3v) is 4.05. The lowest BCUT2D eigenvalue weighted by Gasteiger charge is -2.24. The monoisotopic (exact) mass is 369 g/mol. The summed E-state index contributed by atoms with van der Waals surface area (Å²) in [4.78, 5) is 24.8. The second-order valence-corrected chi connectivity index (χ2v) is 7.47. The number of carbonyl (C=O) groups excluding carboxylic acids is 2. The maximum Gasteiger partial charge on any atom is 0.410 e. The van der Waals surface area contributed by atoms with Gasteiger partial charge >= 0.3 is 6.09 Å². The summed E-state index contributed by atoms with van der Waals surface area (Å²) < 4.78 is 11.4. The molecule has 0 radical (unpaired) electrons. The Balaban J connectivity index is 1.65. The van der Waals surface area contributed by atoms with Gasteiger partial charge in [-0.3, -0.25) is 4.79 Å². The number of nitrogens with zero attached hydrogens (tertiary/aromatic N) is 3. The number of ether oxygens (including phenoxy) is 2. The molecule has 7 heteroatoms. The van der Waals surface area contributed by atoms with Gasteiger partial charge in [0.15, 0.2) is 0 Å². The third-order valence-electron chi connectivity index (χ3n) is 4.05. The van der Waals surface area contributed by atoms with Gasteiger partial charge in [0.25, 0.3) is 0 Å². The van der Waals surface area contributed by atoms with Gasteiger partial charge in [0.2, 0.25) is 0 Å². The lowest BCUT2D eigenvalue weighted by atomic mass is 10.1. The highest BCUT2D eigenvalue weighted by atomic mass is 16.6. The maximum atomic E-state index is 12.2. The van der Waals surface area contributed by atoms with Crippen molar-refractivity contribution in [3.8, 4) is 17.0 Å². The Labute approximate surface area is 158 Å². The van der Waals surface area contributed by atoms with E-state index < -0.39 is 5.60 Å². The maximum absolute atomic E-state index is 12.2. The highest BCUT2D eigenvalue weighted by Crippen LogP contribution is 2.24. The number of likely N-dealkylation sites (tertiary alicyclic amines) is 1. The fourth-order valence-corrected chi connectivity index (χ4v) is 2.83. The van der Waals surface area contributed by atoms with Crippen LogP contribution in [0.1, 0.15) is 37.6 Å². The van der Waals surface area contributed by atoms with Gasteiger partial charge in [0.05, 0.1) is 18.4 Å². The fourth-order valence-electron chi connectivity index (χ4n) is 2.83. The van der Waals surface area contributed by atoms with E-state index in [0.717, 1.165) is 18.3 Å². The molecule has 7 nitrogen and oxygen atoms in total. The first-order valence-electron chi connectivity index (χ1n) is 8.87. The summed E-state index contributed by atoms with van der Waals surface area (Å²) in [5, 5.41) is 8.11. The molecule has 2 heterocycles. The van der Waals surface area contributed by atoms with E-state index in [4.69, 9.17) is 9.47 Å². The van der Waals surface area contributed by atoms with Crippen molar-refractivity contribution in [1.29, 1.82) is 0 Å². The molecule has 1 aromatic heterocycles. The lowest BCUT2D eigenvalue weighted by Crippen LogP contribution is -2.36. The molecule has 0 bridgehead atoms. The van der Waals surface area contributed by atoms with Crippen molar-refractivity contribution in [1.82, 2.24) is 15.1 Å². The molecule has 0 spiro atoms. The van der Waals surface area contributed by atoms with Crippen molar-refractivity contribution in [2.24, 2.45) is 0 Å². The Morgan fingerprint density at radius 2 is 2.11 bits per heavy atom. The van der Waals surface area contributed by atoms with Crippen LogP contribution < -0.4 is 4.74 Å². The summed E-state index contributed by atoms with van der Waals surface area (Å²) in [7, 11) is 0. The largest absolute Gasteiger partial charge is 0.487 e. The molecule has 3 rings (SSSR count). The lowest BCUT2D eigenvalue weighted by molar-refractivity contribution is 0.0275. The van der Waals surface area contributed by atoms with Crippen LogP contribution in [-0.2, 0) is 4.74 Å². The Kier molecular flexibility index (Phi) is 5.39. The smallest absolute Gasteiger partial charge is 0.410 e. The van der Waals surface area contributed by atoms with Crippen LogP contribution in [0.4, 0.5) is 4.79 Å². The molecular formula is C20H23N3O4. The van der Waals surface area contributed by atoms with E-state index in [1.165, 1.54) is 0 Å². The summed E-state index contributed by atoms with van der Waals surface area (Å²) in [6.45, 7) is 6.59. The van der Waals surface area contributed by atoms with Crippen molar-refractivity contribution in [2.75, 3.05) is 13.1 Å². The summed E-state index contributed by atoms with van der Waals surface area (Å²) in [6, 6.07) is 8.92. The number of aromatic nitrogens is 2. The molecule has 142 valence electrons. The molecule has 1 aromatic carbocycles. The SMILES string of the molecule is CC(C)(C)OC(=O)N1CC[C@@H](Oc2cnnc(-c3cccc(C=O)c3)c2)C1. The first-order valence-corrected chi connectivity index (χ1v) is 8.87. The molecule has 0 unspecified atom stereocenters. The number of carbonyl (C=O) groups is 2. The van der Waals surface area contributed by atoms with Crippen LogP contribution in [0.3, 0.4) is 0 Å². The standard InChI is InChI=1S/C20H23N3O4/c1-20(2,3)27-19(25)23-8-7-16(12-23)26-17-10-18(22-21-11-17)15-6-4-5-14(9-15)13-24/h4-6,9-11,13,16H,7-8,12H2,1-3H3/t16-/m1/s1. The average molecular weight is 369 g/mol. The van der Waals surface area contributed by atoms with Crippen LogP contribution in [0.5, 0.6) is 5.75 Å². The van der Waals surface area contributed by atoms with Gasteiger partial charge in [-0.2, -0.15) is 10.2 Å². The van der Waals surface area contributed by atoms with Crippen LogP contribution in [-0.4, -0.2) is 52.3 Å². The zero-order chi connectivity index (χ0) is 19.4. The molecule has 1 saturated heterocycles. The van der Waals surface area contributed by atoms with E-state index in [-0.39, 0.29) is 12.2 Å². The van der Waals surface area contributed by atoms with E-state index >= 15 is 0 Å². The van der Waals surface area contributed by atoms with E-state index in [9.17, 15) is 9.59 Å². The molecule has 1 aliphatic heterocycles. The number of amides is 1. The van der Waals surface area contributed by atoms with Crippen LogP contribution in [0.15, 0.2) is 36.5 Å². The zero-order valence-corrected chi connectivity index (χ0v) is 15.7. The van der Waals surface area contributed by atoms with Crippen LogP contribution >= 0.6 is 0 Å². The van der Waals surface area contributed by atoms with Crippen LogP contribution in [0, 0.1) is 0 Å². The van der Waals surface area contributed by atoms with E-state index in [2.05, 4.69) is 10.2 Å². The summed E-state index contributed by atoms with van der Waals surface area (Å²) in [5.41, 5.74) is 1.47. The molecular weight excluding hydrogens is 346 g/mol. The van der Waals surface area contributed by atoms with Crippen molar-refractivity contribution in [3.63, 3.8) is 0 Å². The van der Waals surface area contributed by atoms with E-state index in [1.54, 1.807) is 35.4 Å². The highest BCUT2D eigenvalue weighted by Gasteiger charge is 2.31. The second kappa shape index (κ2) is 7.73. The predicted molar refractivity (Wildman–Crippen MR) is 99.7 cm³/mol. The average Bonchev–Trinajstić information content (AvgIpc) is 3.09. The number of hydrogen-bond acceptors (Lipinski definition) is 6. The summed E-state index contributed by atoms with van der Waals surface area (Å²) in [6.07, 6.45) is 2.60. The first kappa shape index (κ1) is 18.8. The molecule has 2 aromatic rings. The Hall–Kier alpha value is -2.96. The quantitative estimate of drug-likeness (QED) is 0.769. The molecule has 0 aliphatic carbocycles. The molecule has 0 N–H and O–H groups in total. The Bertz CT molecular complexity index is 832. The van der Waals surface area contributed by atoms with Crippen molar-refractivity contribution >= 4 is 12.4 Å². The Morgan fingerprint density at radius 3 is 2.85 bits per heavy atom. The molecule has 1 amide bonds. The molecule has 1 atom stereocenters. The number of aldehydes is 1. The minimum atomic E-state index is -0.518. The summed E-state index contributed by atoms with van der Waals surface area (Å²) >= 11 is 0. The van der Waals surface area contributed by atoms with Crippen molar-refractivity contribution in [2.45, 2.75) is 38.9 Å². The second-order valence-electron chi connectivity index (χ2n) is 7.47. The predicted octanol–water partition coefficient (Wildman–Crippen LogP) is 3.34. The van der Waals surface area contributed by atoms with E-state index in [0.29, 0.717) is 30.1 Å². The third kappa shape index (κ3) is 5.03. The number of rotatable bonds is 4. The number of hydrogen-bond donors (Lipinski definition) is 0. The van der Waals surface area contributed by atoms with Gasteiger partial charge in [-0.25, -0.2) is 4.79 Å². The van der Waals surface area contributed by atoms with Gasteiger partial charge in [-0.1, -0.05) is 18.2 Å². The fraction of sp³-hybridized carbons (Fsp3) is 0.400. The van der Waals surface area contributed by atoms with Crippen molar-refractivity contribution < 1.29 is 19.1 Å². The summed E-state index contributed by atoms with van der Waals surface area (Å²) in [5.74, 6) is 0.576. The van der Waals surface area contributed by atoms with Gasteiger partial charge in [0.1, 0.15) is 23.7 Å². The van der Waals surface area contributed by atoms with Crippen molar-refractivity contribution in [3.05, 3.63) is 42.1 Å². The molecule has 1 aliphatic rings. The van der Waals surface area contributed by atoms with Crippen LogP contribution in [0.25, 0.3) is 11.3 Å². The van der Waals surface area contributed by atoms with Gasteiger partial charge < -0.3 is 14.4 Å². The normalized spacial score (nSPS) is 16.9. The first-order chi connectivity index (χ1) is 12.8. The van der Waals surface area contributed by atoms with Gasteiger partial charge in [-0.05, 0) is 26.8 Å². The zero-order valence-electron chi connectivity index (χ0n) is 15.7. The minimum Gasteiger partial charge on any atom is -0.487 e. The van der Waals surface area contributed by atoms with Crippen LogP contribution in [0.2, 0.25) is 0 Å². The minimum absolute atomic E-state index is 0.129. The topological polar surface area (TPSA) is 81.6 Å². The van der Waals surface area contributed by atoms with E-state index in [1.807, 2.05) is 26.8 Å². The molecule has 1 fully saturated rings. The Morgan fingerprint density at radius 1 is 1.30 bits per heavy atom.